The van der Waals surface area contributed by atoms with Gasteiger partial charge in [0.2, 0.25) is 10.0 Å². The summed E-state index contributed by atoms with van der Waals surface area (Å²) in [5.41, 5.74) is 0.318. The van der Waals surface area contributed by atoms with Gasteiger partial charge in [-0.15, -0.1) is 0 Å². The Labute approximate surface area is 112 Å². The highest BCUT2D eigenvalue weighted by Crippen LogP contribution is 2.25. The Bertz CT molecular complexity index is 586. The van der Waals surface area contributed by atoms with Crippen molar-refractivity contribution >= 4 is 21.8 Å². The lowest BCUT2D eigenvalue weighted by atomic mass is 10.1. The van der Waals surface area contributed by atoms with E-state index in [4.69, 9.17) is 0 Å². The first-order valence-corrected chi connectivity index (χ1v) is 7.80. The van der Waals surface area contributed by atoms with E-state index < -0.39 is 21.8 Å². The van der Waals surface area contributed by atoms with Crippen LogP contribution >= 0.6 is 0 Å². The highest BCUT2D eigenvalue weighted by molar-refractivity contribution is 7.90. The molecule has 1 aromatic carbocycles. The van der Waals surface area contributed by atoms with Crippen LogP contribution in [0, 0.1) is 0 Å². The Balaban J connectivity index is 2.29. The fraction of sp³-hybridized carbons (Fsp3) is 0.385. The van der Waals surface area contributed by atoms with Crippen LogP contribution in [0.5, 0.6) is 0 Å². The summed E-state index contributed by atoms with van der Waals surface area (Å²) in [5.74, 6) is -1.65. The van der Waals surface area contributed by atoms with E-state index in [1.165, 1.54) is 12.1 Å². The van der Waals surface area contributed by atoms with E-state index in [0.29, 0.717) is 10.7 Å². The highest BCUT2D eigenvalue weighted by Gasteiger charge is 2.42. The summed E-state index contributed by atoms with van der Waals surface area (Å²) in [6.07, 6.45) is 2.08. The molecular formula is C13H15NO4S. The molecule has 6 heteroatoms. The molecule has 0 saturated carbocycles. The van der Waals surface area contributed by atoms with Crippen molar-refractivity contribution in [3.8, 4) is 0 Å². The van der Waals surface area contributed by atoms with Crippen molar-refractivity contribution in [1.82, 2.24) is 4.31 Å². The van der Waals surface area contributed by atoms with Crippen LogP contribution in [0.4, 0.5) is 0 Å². The minimum absolute atomic E-state index is 0.159. The number of benzene rings is 1. The smallest absolute Gasteiger partial charge is 0.267 e. The summed E-state index contributed by atoms with van der Waals surface area (Å²) >= 11 is 0. The molecule has 0 fully saturated rings. The van der Waals surface area contributed by atoms with Gasteiger partial charge in [-0.3, -0.25) is 9.59 Å². The Morgan fingerprint density at radius 1 is 1.00 bits per heavy atom. The molecule has 0 saturated heterocycles. The molecule has 1 aromatic rings. The molecule has 0 unspecified atom stereocenters. The topological polar surface area (TPSA) is 71.5 Å². The number of amides is 2. The van der Waals surface area contributed by atoms with Gasteiger partial charge in [0.05, 0.1) is 16.9 Å². The van der Waals surface area contributed by atoms with Gasteiger partial charge in [0.25, 0.3) is 11.8 Å². The Morgan fingerprint density at radius 2 is 1.53 bits per heavy atom. The van der Waals surface area contributed by atoms with E-state index in [1.54, 1.807) is 12.1 Å². The maximum atomic E-state index is 12.1. The second-order valence-electron chi connectivity index (χ2n) is 4.44. The third-order valence-corrected chi connectivity index (χ3v) is 4.73. The summed E-state index contributed by atoms with van der Waals surface area (Å²) in [6, 6.07) is 6.16. The van der Waals surface area contributed by atoms with Crippen LogP contribution in [-0.2, 0) is 10.0 Å². The first-order valence-electron chi connectivity index (χ1n) is 6.19. The molecule has 0 bridgehead atoms. The number of fused-ring (bicyclic) bond motifs is 1. The van der Waals surface area contributed by atoms with Crippen molar-refractivity contribution in [2.45, 2.75) is 26.2 Å². The van der Waals surface area contributed by atoms with Gasteiger partial charge in [0.15, 0.2) is 0 Å². The lowest BCUT2D eigenvalue weighted by molar-refractivity contribution is 0.0765. The first kappa shape index (κ1) is 13.7. The molecule has 0 radical (unpaired) electrons. The zero-order valence-corrected chi connectivity index (χ0v) is 11.4. The number of unbranched alkanes of at least 4 members (excludes halogenated alkanes) is 2. The number of carbonyl (C=O) groups is 2. The van der Waals surface area contributed by atoms with Crippen LogP contribution in [0.25, 0.3) is 0 Å². The lowest BCUT2D eigenvalue weighted by Crippen LogP contribution is -2.37. The van der Waals surface area contributed by atoms with Gasteiger partial charge in [-0.2, -0.15) is 4.31 Å². The molecule has 0 N–H and O–H groups in total. The largest absolute Gasteiger partial charge is 0.275 e. The number of imide groups is 1. The Morgan fingerprint density at radius 3 is 2.00 bits per heavy atom. The van der Waals surface area contributed by atoms with Crippen LogP contribution in [-0.4, -0.2) is 30.3 Å². The number of carbonyl (C=O) groups excluding carboxylic acids is 2. The third kappa shape index (κ3) is 2.40. The molecule has 1 aliphatic rings. The van der Waals surface area contributed by atoms with Crippen molar-refractivity contribution in [3.05, 3.63) is 35.4 Å². The summed E-state index contributed by atoms with van der Waals surface area (Å²) in [5, 5.41) is 0. The molecule has 0 spiro atoms. The molecule has 0 atom stereocenters. The third-order valence-electron chi connectivity index (χ3n) is 3.04. The minimum atomic E-state index is -3.86. The molecule has 2 amide bonds. The molecular weight excluding hydrogens is 266 g/mol. The summed E-state index contributed by atoms with van der Waals surface area (Å²) < 4.78 is 24.6. The predicted octanol–water partition coefficient (Wildman–Crippen LogP) is 1.80. The number of rotatable bonds is 5. The maximum Gasteiger partial charge on any atom is 0.275 e. The van der Waals surface area contributed by atoms with Gasteiger partial charge < -0.3 is 0 Å². The fourth-order valence-corrected chi connectivity index (χ4v) is 3.50. The van der Waals surface area contributed by atoms with Crippen molar-refractivity contribution < 1.29 is 18.0 Å². The molecule has 5 nitrogen and oxygen atoms in total. The van der Waals surface area contributed by atoms with Crippen LogP contribution in [0.3, 0.4) is 0 Å². The SMILES string of the molecule is CCCCCS(=O)(=O)N1C(=O)c2ccccc2C1=O. The highest BCUT2D eigenvalue weighted by atomic mass is 32.2. The van der Waals surface area contributed by atoms with Crippen LogP contribution in [0.1, 0.15) is 46.9 Å². The van der Waals surface area contributed by atoms with E-state index in [0.717, 1.165) is 12.8 Å². The van der Waals surface area contributed by atoms with Gasteiger partial charge >= 0.3 is 0 Å². The normalized spacial score (nSPS) is 14.9. The van der Waals surface area contributed by atoms with Gasteiger partial charge in [-0.1, -0.05) is 31.9 Å². The molecule has 102 valence electrons. The van der Waals surface area contributed by atoms with E-state index in [1.807, 2.05) is 6.92 Å². The number of sulfonamides is 1. The second kappa shape index (κ2) is 5.13. The monoisotopic (exact) mass is 281 g/mol. The number of nitrogens with zero attached hydrogens (tertiary/aromatic N) is 1. The predicted molar refractivity (Wildman–Crippen MR) is 70.3 cm³/mol. The summed E-state index contributed by atoms with van der Waals surface area (Å²) in [6.45, 7) is 1.95. The van der Waals surface area contributed by atoms with Crippen molar-refractivity contribution in [2.24, 2.45) is 0 Å². The summed E-state index contributed by atoms with van der Waals surface area (Å²) in [4.78, 5) is 24.0. The Hall–Kier alpha value is -1.69. The van der Waals surface area contributed by atoms with E-state index in [2.05, 4.69) is 0 Å². The lowest BCUT2D eigenvalue weighted by Gasteiger charge is -2.13. The minimum Gasteiger partial charge on any atom is -0.267 e. The van der Waals surface area contributed by atoms with Crippen LogP contribution in [0.2, 0.25) is 0 Å². The van der Waals surface area contributed by atoms with Gasteiger partial charge in [0.1, 0.15) is 0 Å². The van der Waals surface area contributed by atoms with Crippen molar-refractivity contribution in [1.29, 1.82) is 0 Å². The average Bonchev–Trinajstić information content (AvgIpc) is 2.63. The standard InChI is InChI=1S/C13H15NO4S/c1-2-3-6-9-19(17,18)14-12(15)10-7-4-5-8-11(10)13(14)16/h4-5,7-8H,2-3,6,9H2,1H3. The van der Waals surface area contributed by atoms with Crippen LogP contribution in [0.15, 0.2) is 24.3 Å². The number of hydrogen-bond donors (Lipinski definition) is 0. The van der Waals surface area contributed by atoms with Gasteiger partial charge in [-0.25, -0.2) is 8.42 Å². The summed E-state index contributed by atoms with van der Waals surface area (Å²) in [7, 11) is -3.86. The first-order chi connectivity index (χ1) is 8.99. The molecule has 0 aliphatic carbocycles. The molecule has 1 aliphatic heterocycles. The molecule has 19 heavy (non-hydrogen) atoms. The van der Waals surface area contributed by atoms with Gasteiger partial charge in [0, 0.05) is 0 Å². The quantitative estimate of drug-likeness (QED) is 0.609. The van der Waals surface area contributed by atoms with Crippen molar-refractivity contribution in [2.75, 3.05) is 5.75 Å². The maximum absolute atomic E-state index is 12.1. The average molecular weight is 281 g/mol. The van der Waals surface area contributed by atoms with Crippen LogP contribution < -0.4 is 0 Å². The zero-order valence-electron chi connectivity index (χ0n) is 10.6. The second-order valence-corrected chi connectivity index (χ2v) is 6.38. The molecule has 2 rings (SSSR count). The van der Waals surface area contributed by atoms with E-state index >= 15 is 0 Å². The van der Waals surface area contributed by atoms with E-state index in [-0.39, 0.29) is 16.9 Å². The van der Waals surface area contributed by atoms with Gasteiger partial charge in [-0.05, 0) is 18.6 Å². The van der Waals surface area contributed by atoms with Crippen molar-refractivity contribution in [3.63, 3.8) is 0 Å². The zero-order chi connectivity index (χ0) is 14.0. The molecule has 0 aromatic heterocycles. The molecule has 1 heterocycles. The Kier molecular flexibility index (Phi) is 3.71. The number of hydrogen-bond acceptors (Lipinski definition) is 4. The fourth-order valence-electron chi connectivity index (χ4n) is 2.05. The van der Waals surface area contributed by atoms with E-state index in [9.17, 15) is 18.0 Å².